The second kappa shape index (κ2) is 12.9. The Morgan fingerprint density at radius 1 is 1.24 bits per heavy atom. The molecule has 4 heterocycles. The number of pyridine rings is 1. The van der Waals surface area contributed by atoms with Crippen LogP contribution in [-0.2, 0) is 40.8 Å². The van der Waals surface area contributed by atoms with Gasteiger partial charge in [-0.25, -0.2) is 18.9 Å². The molecule has 244 valence electrons. The fourth-order valence-electron chi connectivity index (χ4n) is 4.27. The summed E-state index contributed by atoms with van der Waals surface area (Å²) in [4.78, 5) is 71.1. The number of amides is 4. The Morgan fingerprint density at radius 2 is 1.93 bits per heavy atom. The summed E-state index contributed by atoms with van der Waals surface area (Å²) in [7, 11) is -5.16. The predicted octanol–water partition coefficient (Wildman–Crippen LogP) is -2.82. The van der Waals surface area contributed by atoms with Crippen molar-refractivity contribution in [3.8, 4) is 5.75 Å². The van der Waals surface area contributed by atoms with Crippen molar-refractivity contribution >= 4 is 56.3 Å². The maximum absolute atomic E-state index is 13.3. The number of nitrogens with one attached hydrogen (secondary N) is 3. The first kappa shape index (κ1) is 32.9. The minimum Gasteiger partial charge on any atom is -0.503 e. The molecule has 0 aromatic carbocycles. The predicted molar refractivity (Wildman–Crippen MR) is 148 cm³/mol. The van der Waals surface area contributed by atoms with Crippen LogP contribution in [0.5, 0.6) is 5.75 Å². The van der Waals surface area contributed by atoms with Crippen molar-refractivity contribution in [2.45, 2.75) is 37.1 Å². The van der Waals surface area contributed by atoms with Gasteiger partial charge in [0.1, 0.15) is 11.7 Å². The smallest absolute Gasteiger partial charge is 0.362 e. The molecule has 0 aliphatic carbocycles. The third-order valence-corrected chi connectivity index (χ3v) is 8.30. The van der Waals surface area contributed by atoms with Gasteiger partial charge in [0, 0.05) is 30.8 Å². The number of carbonyl (C=O) groups is 4. The standard InChI is InChI=1S/C22H26N8O13S2/c23-20-26-11(9-44-20)15(28-43-22(19(35)36)1-3-42-4-2-22)17(33)27-16-12(30(18(16)34)45(39,40)41)7-25-21(37)24-6-10-5-13(31)14(32)8-29(10)38/h5,8-9,12,16,32,38H,1-4,6-7H2,(H2,23,26)(H,27,33)(H,35,36)(H2,24,25,37)(H,39,40,41)/b28-15-/t12-,16+/m1/s1. The van der Waals surface area contributed by atoms with Crippen molar-refractivity contribution < 1.29 is 57.1 Å². The van der Waals surface area contributed by atoms with Crippen LogP contribution in [0.2, 0.25) is 0 Å². The number of urea groups is 1. The molecule has 9 N–H and O–H groups in total. The van der Waals surface area contributed by atoms with Crippen molar-refractivity contribution in [2.75, 3.05) is 25.5 Å². The number of ether oxygens (including phenoxy) is 1. The average molecular weight is 675 g/mol. The SMILES string of the molecule is Nc1nc(/C(=N/OC2(C(=O)O)CCOCC2)C(=O)N[C@@H]2C(=O)N(S(=O)(=O)O)[C@@H]2CNC(=O)NCc2cc(=O)c(O)cn2O)cs1. The molecule has 0 unspecified atom stereocenters. The van der Waals surface area contributed by atoms with Gasteiger partial charge in [-0.15, -0.1) is 11.3 Å². The van der Waals surface area contributed by atoms with Crippen LogP contribution in [0.15, 0.2) is 27.6 Å². The van der Waals surface area contributed by atoms with Gasteiger partial charge >= 0.3 is 22.3 Å². The summed E-state index contributed by atoms with van der Waals surface area (Å²) in [6, 6.07) is -3.36. The lowest BCUT2D eigenvalue weighted by molar-refractivity contribution is -0.178. The molecular formula is C22H26N8O13S2. The first-order valence-corrected chi connectivity index (χ1v) is 15.0. The number of oxime groups is 1. The van der Waals surface area contributed by atoms with Gasteiger partial charge in [-0.3, -0.25) is 18.9 Å². The number of carboxylic acids is 1. The van der Waals surface area contributed by atoms with E-state index in [0.29, 0.717) is 10.9 Å². The molecule has 2 saturated heterocycles. The highest BCUT2D eigenvalue weighted by Gasteiger charge is 2.54. The molecule has 0 bridgehead atoms. The van der Waals surface area contributed by atoms with Crippen LogP contribution in [-0.4, -0.2) is 109 Å². The van der Waals surface area contributed by atoms with E-state index in [-0.39, 0.29) is 46.9 Å². The molecular weight excluding hydrogens is 648 g/mol. The minimum atomic E-state index is -5.16. The van der Waals surface area contributed by atoms with Gasteiger partial charge in [0.25, 0.3) is 11.8 Å². The molecule has 0 spiro atoms. The maximum Gasteiger partial charge on any atom is 0.362 e. The Bertz CT molecular complexity index is 1700. The molecule has 0 saturated carbocycles. The number of thiazole rings is 1. The van der Waals surface area contributed by atoms with Crippen molar-refractivity contribution in [1.29, 1.82) is 0 Å². The highest BCUT2D eigenvalue weighted by atomic mass is 32.2. The summed E-state index contributed by atoms with van der Waals surface area (Å²) in [5.74, 6) is -4.57. The molecule has 2 aromatic heterocycles. The van der Waals surface area contributed by atoms with E-state index in [1.807, 2.05) is 0 Å². The summed E-state index contributed by atoms with van der Waals surface area (Å²) < 4.78 is 38.8. The van der Waals surface area contributed by atoms with Gasteiger partial charge in [-0.2, -0.15) is 13.1 Å². The first-order chi connectivity index (χ1) is 21.1. The number of carboxylic acid groups (broad SMARTS) is 1. The second-order valence-electron chi connectivity index (χ2n) is 9.57. The number of hydrogen-bond acceptors (Lipinski definition) is 15. The molecule has 0 radical (unpaired) electrons. The van der Waals surface area contributed by atoms with Crippen LogP contribution in [0.25, 0.3) is 0 Å². The summed E-state index contributed by atoms with van der Waals surface area (Å²) in [5.41, 5.74) is 2.06. The number of aromatic nitrogens is 2. The number of anilines is 1. The number of carbonyl (C=O) groups excluding carboxylic acids is 3. The Labute approximate surface area is 256 Å². The Balaban J connectivity index is 1.49. The lowest BCUT2D eigenvalue weighted by Gasteiger charge is -2.44. The van der Waals surface area contributed by atoms with Crippen LogP contribution in [0, 0.1) is 0 Å². The Hall–Kier alpha value is -5.00. The van der Waals surface area contributed by atoms with E-state index in [0.717, 1.165) is 17.4 Å². The number of β-lactam (4-membered cyclic amide) rings is 1. The van der Waals surface area contributed by atoms with Gasteiger partial charge in [0.2, 0.25) is 11.0 Å². The molecule has 2 fully saturated rings. The summed E-state index contributed by atoms with van der Waals surface area (Å²) >= 11 is 0.902. The molecule has 4 amide bonds. The third kappa shape index (κ3) is 7.22. The van der Waals surface area contributed by atoms with Gasteiger partial charge in [-0.05, 0) is 0 Å². The van der Waals surface area contributed by atoms with E-state index >= 15 is 0 Å². The summed E-state index contributed by atoms with van der Waals surface area (Å²) in [6.45, 7) is -1.03. The summed E-state index contributed by atoms with van der Waals surface area (Å²) in [5, 5.41) is 40.5. The van der Waals surface area contributed by atoms with Crippen molar-refractivity contribution in [3.05, 3.63) is 39.3 Å². The zero-order valence-corrected chi connectivity index (χ0v) is 24.4. The largest absolute Gasteiger partial charge is 0.503 e. The lowest BCUT2D eigenvalue weighted by Crippen LogP contribution is -2.74. The number of aliphatic carboxylic acids is 1. The molecule has 21 nitrogen and oxygen atoms in total. The fourth-order valence-corrected chi connectivity index (χ4v) is 5.69. The van der Waals surface area contributed by atoms with E-state index in [4.69, 9.17) is 15.3 Å². The Morgan fingerprint density at radius 3 is 2.53 bits per heavy atom. The third-order valence-electron chi connectivity index (χ3n) is 6.68. The molecule has 2 aliphatic heterocycles. The van der Waals surface area contributed by atoms with Gasteiger partial charge < -0.3 is 46.7 Å². The van der Waals surface area contributed by atoms with Crippen LogP contribution in [0.1, 0.15) is 24.2 Å². The van der Waals surface area contributed by atoms with Gasteiger partial charge in [-0.1, -0.05) is 5.16 Å². The number of nitrogens with two attached hydrogens (primary N) is 1. The summed E-state index contributed by atoms with van der Waals surface area (Å²) in [6.07, 6.45) is 0.481. The van der Waals surface area contributed by atoms with E-state index < -0.39 is 81.8 Å². The molecule has 2 aromatic rings. The number of aromatic hydroxyl groups is 1. The van der Waals surface area contributed by atoms with Crippen LogP contribution >= 0.6 is 11.3 Å². The van der Waals surface area contributed by atoms with Crippen LogP contribution < -0.4 is 27.1 Å². The average Bonchev–Trinajstić information content (AvgIpc) is 3.40. The maximum atomic E-state index is 13.3. The first-order valence-electron chi connectivity index (χ1n) is 12.7. The van der Waals surface area contributed by atoms with E-state index in [1.54, 1.807) is 0 Å². The van der Waals surface area contributed by atoms with Crippen LogP contribution in [0.4, 0.5) is 9.93 Å². The molecule has 23 heteroatoms. The number of nitrogens with zero attached hydrogens (tertiary/aromatic N) is 4. The van der Waals surface area contributed by atoms with Crippen LogP contribution in [0.3, 0.4) is 0 Å². The number of nitrogen functional groups attached to an aromatic ring is 1. The fraction of sp³-hybridized carbons (Fsp3) is 0.409. The molecule has 2 atom stereocenters. The molecule has 45 heavy (non-hydrogen) atoms. The quantitative estimate of drug-likeness (QED) is 0.0392. The molecule has 2 aliphatic rings. The highest BCUT2D eigenvalue weighted by Crippen LogP contribution is 2.27. The van der Waals surface area contributed by atoms with Gasteiger partial charge in [0.15, 0.2) is 16.6 Å². The monoisotopic (exact) mass is 674 g/mol. The van der Waals surface area contributed by atoms with Crippen molar-refractivity contribution in [3.63, 3.8) is 0 Å². The highest BCUT2D eigenvalue weighted by molar-refractivity contribution is 7.84. The number of rotatable bonds is 11. The van der Waals surface area contributed by atoms with E-state index in [2.05, 4.69) is 26.1 Å². The van der Waals surface area contributed by atoms with Crippen molar-refractivity contribution in [2.24, 2.45) is 5.16 Å². The van der Waals surface area contributed by atoms with E-state index in [1.165, 1.54) is 5.38 Å². The van der Waals surface area contributed by atoms with Crippen molar-refractivity contribution in [1.82, 2.24) is 30.0 Å². The lowest BCUT2D eigenvalue weighted by atomic mass is 9.95. The topological polar surface area (TPSA) is 314 Å². The zero-order chi connectivity index (χ0) is 33.1. The number of hydrogen-bond donors (Lipinski definition) is 8. The normalized spacial score (nSPS) is 19.7. The zero-order valence-electron chi connectivity index (χ0n) is 22.8. The minimum absolute atomic E-state index is 0.000343. The Kier molecular flexibility index (Phi) is 9.45. The van der Waals surface area contributed by atoms with Gasteiger partial charge in [0.05, 0.1) is 37.7 Å². The van der Waals surface area contributed by atoms with E-state index in [9.17, 15) is 52.4 Å². The second-order valence-corrected chi connectivity index (χ2v) is 11.7. The molecule has 4 rings (SSSR count).